The van der Waals surface area contributed by atoms with Crippen LogP contribution in [0.5, 0.6) is 5.75 Å². The van der Waals surface area contributed by atoms with Gasteiger partial charge in [-0.3, -0.25) is 9.48 Å². The molecule has 0 unspecified atom stereocenters. The molecule has 24 heavy (non-hydrogen) atoms. The first-order valence-electron chi connectivity index (χ1n) is 8.34. The van der Waals surface area contributed by atoms with Crippen molar-refractivity contribution in [2.24, 2.45) is 13.0 Å². The number of carbonyl (C=O) groups excluding carboxylic acids is 1. The molecule has 1 saturated heterocycles. The summed E-state index contributed by atoms with van der Waals surface area (Å²) in [5.74, 6) is 0.937. The molecule has 2 N–H and O–H groups in total. The lowest BCUT2D eigenvalue weighted by Crippen LogP contribution is -2.41. The maximum Gasteiger partial charge on any atom is 0.224 e. The molecule has 1 aliphatic rings. The van der Waals surface area contributed by atoms with E-state index in [-0.39, 0.29) is 11.8 Å². The van der Waals surface area contributed by atoms with Crippen LogP contribution in [-0.2, 0) is 11.8 Å². The predicted molar refractivity (Wildman–Crippen MR) is 91.6 cm³/mol. The summed E-state index contributed by atoms with van der Waals surface area (Å²) in [7, 11) is 1.89. The fraction of sp³-hybridized carbons (Fsp3) is 0.444. The van der Waals surface area contributed by atoms with Gasteiger partial charge in [-0.05, 0) is 49.2 Å². The number of benzene rings is 1. The fourth-order valence-electron chi connectivity index (χ4n) is 2.83. The molecular formula is C18H23N4O2. The van der Waals surface area contributed by atoms with E-state index in [1.165, 1.54) is 0 Å². The molecular weight excluding hydrogens is 304 g/mol. The third kappa shape index (κ3) is 4.35. The second-order valence-electron chi connectivity index (χ2n) is 6.04. The molecule has 127 valence electrons. The zero-order valence-electron chi connectivity index (χ0n) is 13.9. The average Bonchev–Trinajstić information content (AvgIpc) is 3.06. The van der Waals surface area contributed by atoms with Crippen molar-refractivity contribution >= 4 is 5.91 Å². The summed E-state index contributed by atoms with van der Waals surface area (Å²) in [5.41, 5.74) is 2.04. The van der Waals surface area contributed by atoms with Crippen LogP contribution in [0.15, 0.2) is 30.6 Å². The SMILES string of the molecule is Cn1cc(-c2c[c]cc(OCCNC(=O)[C@H]3CCCNC3)c2)cn1. The number of hydrogen-bond acceptors (Lipinski definition) is 4. The molecule has 1 amide bonds. The Morgan fingerprint density at radius 3 is 3.17 bits per heavy atom. The molecule has 6 nitrogen and oxygen atoms in total. The van der Waals surface area contributed by atoms with Crippen LogP contribution in [0.4, 0.5) is 0 Å². The maximum atomic E-state index is 12.0. The monoisotopic (exact) mass is 327 g/mol. The van der Waals surface area contributed by atoms with Crippen LogP contribution >= 0.6 is 0 Å². The van der Waals surface area contributed by atoms with Crippen LogP contribution in [0.1, 0.15) is 12.8 Å². The zero-order chi connectivity index (χ0) is 16.8. The smallest absolute Gasteiger partial charge is 0.224 e. The molecule has 0 saturated carbocycles. The standard InChI is InChI=1S/C18H23N4O2/c1-22-13-16(12-21-22)14-4-2-6-17(10-14)24-9-8-20-18(23)15-5-3-7-19-11-15/h4,6,10,12-13,15,19H,3,5,7-9,11H2,1H3,(H,20,23)/t15-/m0/s1. The molecule has 0 bridgehead atoms. The van der Waals surface area contributed by atoms with Gasteiger partial charge in [-0.25, -0.2) is 0 Å². The van der Waals surface area contributed by atoms with E-state index >= 15 is 0 Å². The van der Waals surface area contributed by atoms with Gasteiger partial charge < -0.3 is 15.4 Å². The first kappa shape index (κ1) is 16.5. The van der Waals surface area contributed by atoms with E-state index < -0.39 is 0 Å². The summed E-state index contributed by atoms with van der Waals surface area (Å²) in [6, 6.07) is 8.74. The van der Waals surface area contributed by atoms with E-state index in [1.807, 2.05) is 31.6 Å². The van der Waals surface area contributed by atoms with E-state index in [4.69, 9.17) is 4.74 Å². The van der Waals surface area contributed by atoms with Crippen molar-refractivity contribution in [2.45, 2.75) is 12.8 Å². The molecule has 1 radical (unpaired) electrons. The second kappa shape index (κ2) is 7.97. The van der Waals surface area contributed by atoms with Gasteiger partial charge in [0.05, 0.1) is 18.7 Å². The zero-order valence-corrected chi connectivity index (χ0v) is 13.9. The highest BCUT2D eigenvalue weighted by atomic mass is 16.5. The Morgan fingerprint density at radius 1 is 1.50 bits per heavy atom. The van der Waals surface area contributed by atoms with Crippen molar-refractivity contribution in [3.8, 4) is 16.9 Å². The highest BCUT2D eigenvalue weighted by Gasteiger charge is 2.20. The van der Waals surface area contributed by atoms with Gasteiger partial charge in [0.1, 0.15) is 12.4 Å². The summed E-state index contributed by atoms with van der Waals surface area (Å²) in [6.45, 7) is 2.73. The number of amides is 1. The number of aryl methyl sites for hydroxylation is 1. The lowest BCUT2D eigenvalue weighted by atomic mass is 9.99. The number of rotatable bonds is 6. The summed E-state index contributed by atoms with van der Waals surface area (Å²) < 4.78 is 7.49. The Hall–Kier alpha value is -2.34. The summed E-state index contributed by atoms with van der Waals surface area (Å²) in [6.07, 6.45) is 5.78. The molecule has 2 heterocycles. The Balaban J connectivity index is 1.46. The number of aromatic nitrogens is 2. The van der Waals surface area contributed by atoms with Crippen LogP contribution in [0.3, 0.4) is 0 Å². The maximum absolute atomic E-state index is 12.0. The van der Waals surface area contributed by atoms with Crippen molar-refractivity contribution in [1.29, 1.82) is 0 Å². The van der Waals surface area contributed by atoms with Gasteiger partial charge in [-0.15, -0.1) is 0 Å². The van der Waals surface area contributed by atoms with E-state index in [0.717, 1.165) is 42.8 Å². The molecule has 0 spiro atoms. The van der Waals surface area contributed by atoms with E-state index in [1.54, 1.807) is 10.7 Å². The third-order valence-corrected chi connectivity index (χ3v) is 4.14. The van der Waals surface area contributed by atoms with Gasteiger partial charge in [0.15, 0.2) is 0 Å². The lowest BCUT2D eigenvalue weighted by Gasteiger charge is -2.21. The van der Waals surface area contributed by atoms with Crippen molar-refractivity contribution in [3.05, 3.63) is 36.7 Å². The molecule has 1 fully saturated rings. The number of hydrogen-bond donors (Lipinski definition) is 2. The molecule has 1 aromatic heterocycles. The average molecular weight is 327 g/mol. The van der Waals surface area contributed by atoms with Crippen molar-refractivity contribution in [1.82, 2.24) is 20.4 Å². The molecule has 1 aliphatic heterocycles. The summed E-state index contributed by atoms with van der Waals surface area (Å²) in [4.78, 5) is 12.0. The number of carbonyl (C=O) groups is 1. The highest BCUT2D eigenvalue weighted by Crippen LogP contribution is 2.22. The number of piperidine rings is 1. The topological polar surface area (TPSA) is 68.2 Å². The highest BCUT2D eigenvalue weighted by molar-refractivity contribution is 5.78. The number of nitrogens with zero attached hydrogens (tertiary/aromatic N) is 2. The van der Waals surface area contributed by atoms with Gasteiger partial charge in [0.25, 0.3) is 0 Å². The van der Waals surface area contributed by atoms with Crippen LogP contribution in [0, 0.1) is 12.0 Å². The Morgan fingerprint density at radius 2 is 2.42 bits per heavy atom. The van der Waals surface area contributed by atoms with Gasteiger partial charge in [-0.2, -0.15) is 5.10 Å². The summed E-state index contributed by atoms with van der Waals surface area (Å²) in [5, 5.41) is 10.4. The minimum absolute atomic E-state index is 0.0843. The van der Waals surface area contributed by atoms with Crippen molar-refractivity contribution in [2.75, 3.05) is 26.2 Å². The van der Waals surface area contributed by atoms with Crippen LogP contribution in [0.25, 0.3) is 11.1 Å². The normalized spacial score (nSPS) is 17.5. The Kier molecular flexibility index (Phi) is 5.48. The molecule has 3 rings (SSSR count). The Labute approximate surface area is 142 Å². The van der Waals surface area contributed by atoms with E-state index in [2.05, 4.69) is 21.8 Å². The second-order valence-corrected chi connectivity index (χ2v) is 6.04. The van der Waals surface area contributed by atoms with Crippen LogP contribution in [-0.4, -0.2) is 41.9 Å². The van der Waals surface area contributed by atoms with Crippen LogP contribution in [0.2, 0.25) is 0 Å². The van der Waals surface area contributed by atoms with Gasteiger partial charge in [0, 0.05) is 25.4 Å². The van der Waals surface area contributed by atoms with E-state index in [9.17, 15) is 4.79 Å². The molecule has 2 aromatic rings. The minimum Gasteiger partial charge on any atom is -0.492 e. The van der Waals surface area contributed by atoms with Gasteiger partial charge in [-0.1, -0.05) is 0 Å². The van der Waals surface area contributed by atoms with Crippen molar-refractivity contribution in [3.63, 3.8) is 0 Å². The molecule has 1 aromatic carbocycles. The lowest BCUT2D eigenvalue weighted by molar-refractivity contribution is -0.125. The first-order valence-corrected chi connectivity index (χ1v) is 8.34. The molecule has 0 aliphatic carbocycles. The van der Waals surface area contributed by atoms with Crippen LogP contribution < -0.4 is 15.4 Å². The number of ether oxygens (including phenoxy) is 1. The quantitative estimate of drug-likeness (QED) is 0.787. The third-order valence-electron chi connectivity index (χ3n) is 4.14. The van der Waals surface area contributed by atoms with E-state index in [0.29, 0.717) is 13.2 Å². The number of nitrogens with one attached hydrogen (secondary N) is 2. The van der Waals surface area contributed by atoms with Crippen molar-refractivity contribution < 1.29 is 9.53 Å². The molecule has 6 heteroatoms. The largest absolute Gasteiger partial charge is 0.492 e. The first-order chi connectivity index (χ1) is 11.7. The Bertz CT molecular complexity index is 677. The minimum atomic E-state index is 0.0843. The summed E-state index contributed by atoms with van der Waals surface area (Å²) >= 11 is 0. The predicted octanol–water partition coefficient (Wildman–Crippen LogP) is 1.38. The molecule has 1 atom stereocenters. The van der Waals surface area contributed by atoms with Gasteiger partial charge >= 0.3 is 0 Å². The fourth-order valence-corrected chi connectivity index (χ4v) is 2.83. The van der Waals surface area contributed by atoms with Gasteiger partial charge in [0.2, 0.25) is 5.91 Å².